The van der Waals surface area contributed by atoms with E-state index in [2.05, 4.69) is 14.8 Å². The van der Waals surface area contributed by atoms with E-state index in [0.717, 1.165) is 26.1 Å². The lowest BCUT2D eigenvalue weighted by Crippen LogP contribution is -2.34. The highest BCUT2D eigenvalue weighted by Gasteiger charge is 2.47. The number of carbonyl (C=O) groups excluding carboxylic acids is 1. The second-order valence-corrected chi connectivity index (χ2v) is 7.47. The molecule has 0 unspecified atom stereocenters. The van der Waals surface area contributed by atoms with E-state index in [9.17, 15) is 26.7 Å². The number of carbonyl (C=O) groups is 1. The summed E-state index contributed by atoms with van der Waals surface area (Å²) in [6.45, 7) is 4.11. The van der Waals surface area contributed by atoms with E-state index in [1.165, 1.54) is 4.68 Å². The number of alkyl halides is 5. The van der Waals surface area contributed by atoms with Gasteiger partial charge in [0.2, 0.25) is 0 Å². The fourth-order valence-electron chi connectivity index (χ4n) is 3.01. The number of hydrogen-bond donors (Lipinski definition) is 0. The average molecular weight is 449 g/mol. The van der Waals surface area contributed by atoms with Gasteiger partial charge >= 0.3 is 18.8 Å². The smallest absolute Gasteiger partial charge is 0.394 e. The zero-order valence-corrected chi connectivity index (χ0v) is 17.8. The Morgan fingerprint density at radius 3 is 2.39 bits per heavy atom. The predicted molar refractivity (Wildman–Crippen MR) is 102 cm³/mol. The molecule has 2 aromatic heterocycles. The number of rotatable bonds is 8. The lowest BCUT2D eigenvalue weighted by Gasteiger charge is -2.27. The molecule has 6 nitrogen and oxygen atoms in total. The van der Waals surface area contributed by atoms with Gasteiger partial charge in [-0.3, -0.25) is 9.67 Å². The van der Waals surface area contributed by atoms with Crippen molar-refractivity contribution in [1.82, 2.24) is 14.8 Å². The summed E-state index contributed by atoms with van der Waals surface area (Å²) in [5.74, 6) is -1.03. The van der Waals surface area contributed by atoms with Crippen molar-refractivity contribution in [3.63, 3.8) is 0 Å². The Kier molecular flexibility index (Phi) is 7.28. The molecule has 0 N–H and O–H groups in total. The summed E-state index contributed by atoms with van der Waals surface area (Å²) >= 11 is 0. The van der Waals surface area contributed by atoms with Crippen LogP contribution in [0.2, 0.25) is 0 Å². The third-order valence-electron chi connectivity index (χ3n) is 4.74. The topological polar surface area (TPSA) is 66.2 Å². The zero-order valence-electron chi connectivity index (χ0n) is 17.8. The van der Waals surface area contributed by atoms with Crippen LogP contribution in [0.4, 0.5) is 22.0 Å². The van der Waals surface area contributed by atoms with E-state index in [4.69, 9.17) is 4.74 Å². The van der Waals surface area contributed by atoms with Gasteiger partial charge < -0.3 is 9.47 Å². The monoisotopic (exact) mass is 449 g/mol. The first-order valence-corrected chi connectivity index (χ1v) is 9.57. The summed E-state index contributed by atoms with van der Waals surface area (Å²) in [5.41, 5.74) is -1.46. The number of pyridine rings is 1. The Hall–Kier alpha value is -2.72. The Morgan fingerprint density at radius 2 is 1.87 bits per heavy atom. The van der Waals surface area contributed by atoms with Gasteiger partial charge in [0.15, 0.2) is 5.69 Å². The molecule has 0 aliphatic rings. The molecule has 0 bridgehead atoms. The molecule has 0 saturated heterocycles. The maximum atomic E-state index is 13.2. The molecule has 31 heavy (non-hydrogen) atoms. The fourth-order valence-corrected chi connectivity index (χ4v) is 3.01. The average Bonchev–Trinajstić information content (AvgIpc) is 2.97. The predicted octanol–water partition coefficient (Wildman–Crippen LogP) is 5.18. The van der Waals surface area contributed by atoms with Crippen molar-refractivity contribution in [2.45, 2.75) is 60.4 Å². The molecule has 0 fully saturated rings. The van der Waals surface area contributed by atoms with Crippen LogP contribution in [0.1, 0.15) is 49.4 Å². The first-order valence-electron chi connectivity index (χ1n) is 9.57. The van der Waals surface area contributed by atoms with E-state index in [1.54, 1.807) is 20.8 Å². The first-order chi connectivity index (χ1) is 14.3. The Balaban J connectivity index is 2.60. The lowest BCUT2D eigenvalue weighted by atomic mass is 9.86. The largest absolute Gasteiger partial charge is 0.461 e. The summed E-state index contributed by atoms with van der Waals surface area (Å²) in [6, 6.07) is 1.06. The van der Waals surface area contributed by atoms with Crippen molar-refractivity contribution in [3.8, 4) is 17.0 Å². The maximum Gasteiger partial charge on any atom is 0.394 e. The summed E-state index contributed by atoms with van der Waals surface area (Å²) in [5, 5.41) is 4.18. The molecule has 0 aliphatic heterocycles. The van der Waals surface area contributed by atoms with E-state index in [1.807, 2.05) is 0 Å². The van der Waals surface area contributed by atoms with Crippen LogP contribution in [0.15, 0.2) is 12.3 Å². The van der Waals surface area contributed by atoms with Crippen LogP contribution in [0, 0.1) is 12.3 Å². The number of aromatic nitrogens is 3. The third kappa shape index (κ3) is 5.31. The van der Waals surface area contributed by atoms with Gasteiger partial charge in [-0.05, 0) is 20.8 Å². The molecule has 172 valence electrons. The maximum absolute atomic E-state index is 13.2. The highest BCUT2D eigenvalue weighted by atomic mass is 19.4. The first kappa shape index (κ1) is 24.5. The van der Waals surface area contributed by atoms with Crippen LogP contribution in [-0.4, -0.2) is 40.1 Å². The molecule has 0 saturated carbocycles. The van der Waals surface area contributed by atoms with Crippen molar-refractivity contribution in [1.29, 1.82) is 0 Å². The molecule has 2 heterocycles. The Labute approximate surface area is 176 Å². The SMILES string of the molecule is CCOC(=O)c1nn(CC)c(-c2cnc(CC(C)(C)C(F)(F)F)cc2OC(F)F)c1C. The van der Waals surface area contributed by atoms with Gasteiger partial charge in [0.05, 0.1) is 23.3 Å². The summed E-state index contributed by atoms with van der Waals surface area (Å²) < 4.78 is 76.8. The molecule has 0 radical (unpaired) electrons. The quantitative estimate of drug-likeness (QED) is 0.410. The zero-order chi connectivity index (χ0) is 23.6. The van der Waals surface area contributed by atoms with Gasteiger partial charge in [0.25, 0.3) is 0 Å². The van der Waals surface area contributed by atoms with Crippen LogP contribution in [0.3, 0.4) is 0 Å². The molecular weight excluding hydrogens is 425 g/mol. The van der Waals surface area contributed by atoms with E-state index in [0.29, 0.717) is 5.56 Å². The number of esters is 1. The third-order valence-corrected chi connectivity index (χ3v) is 4.74. The molecule has 0 atom stereocenters. The normalized spacial score (nSPS) is 12.4. The number of halogens is 5. The second-order valence-electron chi connectivity index (χ2n) is 7.47. The fraction of sp³-hybridized carbons (Fsp3) is 0.550. The van der Waals surface area contributed by atoms with Crippen molar-refractivity contribution >= 4 is 5.97 Å². The summed E-state index contributed by atoms with van der Waals surface area (Å²) in [6.07, 6.45) is -3.88. The van der Waals surface area contributed by atoms with Crippen LogP contribution in [0.5, 0.6) is 5.75 Å². The van der Waals surface area contributed by atoms with Crippen molar-refractivity contribution < 1.29 is 36.2 Å². The second kappa shape index (κ2) is 9.19. The van der Waals surface area contributed by atoms with Gasteiger partial charge in [0, 0.05) is 36.5 Å². The van der Waals surface area contributed by atoms with Crippen LogP contribution < -0.4 is 4.74 Å². The highest BCUT2D eigenvalue weighted by Crippen LogP contribution is 2.41. The summed E-state index contributed by atoms with van der Waals surface area (Å²) in [4.78, 5) is 16.2. The number of aryl methyl sites for hydroxylation is 1. The standard InChI is InChI=1S/C20H24F5N3O3/c1-6-28-16(11(3)15(27-28)17(29)30-7-2)13-10-26-12(8-14(13)31-18(21)22)9-19(4,5)20(23,24)25/h8,10,18H,6-7,9H2,1-5H3. The van der Waals surface area contributed by atoms with Crippen LogP contribution in [-0.2, 0) is 17.7 Å². The van der Waals surface area contributed by atoms with Gasteiger partial charge in [-0.2, -0.15) is 27.1 Å². The number of ether oxygens (including phenoxy) is 2. The van der Waals surface area contributed by atoms with Gasteiger partial charge in [-0.25, -0.2) is 4.79 Å². The van der Waals surface area contributed by atoms with Crippen molar-refractivity contribution in [3.05, 3.63) is 29.2 Å². The van der Waals surface area contributed by atoms with Gasteiger partial charge in [-0.1, -0.05) is 13.8 Å². The molecule has 0 spiro atoms. The van der Waals surface area contributed by atoms with Gasteiger partial charge in [0.1, 0.15) is 5.75 Å². The molecule has 2 aromatic rings. The van der Waals surface area contributed by atoms with Gasteiger partial charge in [-0.15, -0.1) is 0 Å². The minimum absolute atomic E-state index is 0.00368. The highest BCUT2D eigenvalue weighted by molar-refractivity contribution is 5.91. The molecule has 0 aliphatic carbocycles. The Morgan fingerprint density at radius 1 is 1.23 bits per heavy atom. The van der Waals surface area contributed by atoms with Crippen molar-refractivity contribution in [2.24, 2.45) is 5.41 Å². The van der Waals surface area contributed by atoms with E-state index < -0.39 is 30.6 Å². The molecule has 11 heteroatoms. The minimum Gasteiger partial charge on any atom is -0.461 e. The number of hydrogen-bond acceptors (Lipinski definition) is 5. The minimum atomic E-state index is -4.51. The lowest BCUT2D eigenvalue weighted by molar-refractivity contribution is -0.211. The number of nitrogens with zero attached hydrogens (tertiary/aromatic N) is 3. The molecule has 2 rings (SSSR count). The molecule has 0 amide bonds. The molecular formula is C20H24F5N3O3. The van der Waals surface area contributed by atoms with E-state index >= 15 is 0 Å². The van der Waals surface area contributed by atoms with Crippen molar-refractivity contribution in [2.75, 3.05) is 6.61 Å². The summed E-state index contributed by atoms with van der Waals surface area (Å²) in [7, 11) is 0. The van der Waals surface area contributed by atoms with Crippen LogP contribution >= 0.6 is 0 Å². The Bertz CT molecular complexity index is 939. The molecule has 0 aromatic carbocycles. The van der Waals surface area contributed by atoms with Crippen LogP contribution in [0.25, 0.3) is 11.3 Å². The van der Waals surface area contributed by atoms with E-state index in [-0.39, 0.29) is 41.5 Å².